The molecule has 5 heteroatoms. The highest BCUT2D eigenvalue weighted by molar-refractivity contribution is 5.94. The molecule has 2 saturated carbocycles. The van der Waals surface area contributed by atoms with Crippen molar-refractivity contribution < 1.29 is 15.1 Å². The van der Waals surface area contributed by atoms with Gasteiger partial charge in [-0.15, -0.1) is 0 Å². The lowest BCUT2D eigenvalue weighted by Gasteiger charge is -2.54. The van der Waals surface area contributed by atoms with E-state index in [2.05, 4.69) is 55.7 Å². The molecule has 1 aromatic carbocycles. The minimum absolute atomic E-state index is 0.0141. The topological polar surface area (TPSA) is 72.8 Å². The molecule has 4 aliphatic rings. The highest BCUT2D eigenvalue weighted by Gasteiger charge is 2.61. The molecule has 2 fully saturated rings. The maximum absolute atomic E-state index is 12.7. The van der Waals surface area contributed by atoms with E-state index in [0.717, 1.165) is 44.9 Å². The van der Waals surface area contributed by atoms with Gasteiger partial charge < -0.3 is 15.2 Å². The molecule has 34 heavy (non-hydrogen) atoms. The van der Waals surface area contributed by atoms with Crippen LogP contribution in [-0.2, 0) is 4.79 Å². The van der Waals surface area contributed by atoms with Crippen LogP contribution in [0.25, 0.3) is 0 Å². The highest BCUT2D eigenvalue weighted by atomic mass is 16.5. The number of hydrogen-bond acceptors (Lipinski definition) is 5. The number of aliphatic hydroxyl groups excluding tert-OH is 1. The van der Waals surface area contributed by atoms with Gasteiger partial charge in [0.15, 0.2) is 5.78 Å². The van der Waals surface area contributed by atoms with Crippen molar-refractivity contribution in [1.29, 1.82) is 0 Å². The smallest absolute Gasteiger partial charge is 0.156 e. The van der Waals surface area contributed by atoms with E-state index in [1.54, 1.807) is 5.57 Å². The van der Waals surface area contributed by atoms with Crippen LogP contribution in [0.4, 0.5) is 5.69 Å². The molecular formula is C29H40N2O3. The third kappa shape index (κ3) is 3.59. The molecule has 0 amide bonds. The third-order valence-corrected chi connectivity index (χ3v) is 9.93. The molecule has 0 radical (unpaired) electrons. The molecule has 184 valence electrons. The van der Waals surface area contributed by atoms with Gasteiger partial charge in [-0.1, -0.05) is 24.6 Å². The first-order valence-corrected chi connectivity index (χ1v) is 13.1. The zero-order chi connectivity index (χ0) is 24.1. The molecule has 0 bridgehead atoms. The third-order valence-electron chi connectivity index (χ3n) is 9.93. The zero-order valence-electron chi connectivity index (χ0n) is 20.9. The fourth-order valence-corrected chi connectivity index (χ4v) is 8.09. The summed E-state index contributed by atoms with van der Waals surface area (Å²) in [5.41, 5.74) is 9.23. The second kappa shape index (κ2) is 8.92. The van der Waals surface area contributed by atoms with Crippen LogP contribution in [0.3, 0.4) is 0 Å². The molecule has 0 saturated heterocycles. The lowest BCUT2D eigenvalue weighted by atomic mass is 9.53. The summed E-state index contributed by atoms with van der Waals surface area (Å²) in [7, 11) is 4.11. The number of nitrogens with one attached hydrogen (secondary N) is 1. The number of anilines is 1. The number of aliphatic hydroxyl groups is 1. The second-order valence-electron chi connectivity index (χ2n) is 11.5. The number of hydrogen-bond donors (Lipinski definition) is 3. The van der Waals surface area contributed by atoms with E-state index in [1.807, 2.05) is 6.08 Å². The molecule has 0 unspecified atom stereocenters. The van der Waals surface area contributed by atoms with Crippen molar-refractivity contribution in [3.8, 4) is 0 Å². The van der Waals surface area contributed by atoms with Crippen LogP contribution in [0, 0.1) is 17.3 Å². The normalized spacial score (nSPS) is 34.9. The van der Waals surface area contributed by atoms with Crippen molar-refractivity contribution in [3.05, 3.63) is 52.6 Å². The summed E-state index contributed by atoms with van der Waals surface area (Å²) < 4.78 is 0. The van der Waals surface area contributed by atoms with Gasteiger partial charge in [0.2, 0.25) is 0 Å². The Morgan fingerprint density at radius 3 is 2.56 bits per heavy atom. The summed E-state index contributed by atoms with van der Waals surface area (Å²) in [6.07, 6.45) is 10.3. The van der Waals surface area contributed by atoms with Gasteiger partial charge in [0.05, 0.1) is 0 Å². The van der Waals surface area contributed by atoms with Gasteiger partial charge in [-0.05, 0) is 104 Å². The number of nitrogens with zero attached hydrogens (tertiary/aromatic N) is 1. The van der Waals surface area contributed by atoms with Gasteiger partial charge in [0, 0.05) is 44.3 Å². The number of rotatable bonds is 6. The number of benzene rings is 1. The summed E-state index contributed by atoms with van der Waals surface area (Å²) in [5, 5.41) is 19.8. The molecule has 5 atom stereocenters. The van der Waals surface area contributed by atoms with Gasteiger partial charge in [0.25, 0.3) is 0 Å². The van der Waals surface area contributed by atoms with Crippen molar-refractivity contribution in [1.82, 2.24) is 5.48 Å². The van der Waals surface area contributed by atoms with Crippen LogP contribution in [0.15, 0.2) is 47.1 Å². The maximum atomic E-state index is 12.7. The van der Waals surface area contributed by atoms with Crippen LogP contribution in [-0.4, -0.2) is 42.3 Å². The van der Waals surface area contributed by atoms with Gasteiger partial charge >= 0.3 is 0 Å². The largest absolute Gasteiger partial charge is 0.396 e. The van der Waals surface area contributed by atoms with Crippen LogP contribution in [0.1, 0.15) is 76.2 Å². The number of fused-ring (bicyclic) bond motifs is 4. The summed E-state index contributed by atoms with van der Waals surface area (Å²) in [6.45, 7) is 2.54. The molecule has 1 aromatic rings. The SMILES string of the molecule is CN(C)c1ccc([C@@H]2CC(=O)C=C3CC[C@@H]4C(=C32)CC[C@@]2(C)[C@H]4CC[C@]2(CCCO)NO)cc1. The van der Waals surface area contributed by atoms with Crippen LogP contribution in [0.5, 0.6) is 0 Å². The fourth-order valence-electron chi connectivity index (χ4n) is 8.09. The van der Waals surface area contributed by atoms with E-state index in [1.165, 1.54) is 22.4 Å². The Bertz CT molecular complexity index is 1010. The monoisotopic (exact) mass is 464 g/mol. The lowest BCUT2D eigenvalue weighted by molar-refractivity contribution is -0.115. The second-order valence-corrected chi connectivity index (χ2v) is 11.5. The van der Waals surface area contributed by atoms with Crippen molar-refractivity contribution in [2.75, 3.05) is 25.6 Å². The molecule has 0 spiro atoms. The van der Waals surface area contributed by atoms with E-state index in [-0.39, 0.29) is 29.3 Å². The summed E-state index contributed by atoms with van der Waals surface area (Å²) in [5.74, 6) is 1.46. The summed E-state index contributed by atoms with van der Waals surface area (Å²) in [6, 6.07) is 8.76. The number of allylic oxidation sites excluding steroid dienone is 4. The molecule has 0 heterocycles. The highest BCUT2D eigenvalue weighted by Crippen LogP contribution is 2.65. The average Bonchev–Trinajstić information content (AvgIpc) is 3.14. The van der Waals surface area contributed by atoms with E-state index in [9.17, 15) is 15.1 Å². The van der Waals surface area contributed by atoms with E-state index < -0.39 is 0 Å². The first kappa shape index (κ1) is 23.8. The quantitative estimate of drug-likeness (QED) is 0.508. The predicted octanol–water partition coefficient (Wildman–Crippen LogP) is 5.14. The Hall–Kier alpha value is -1.95. The Morgan fingerprint density at radius 2 is 1.88 bits per heavy atom. The number of hydroxylamine groups is 1. The Labute approximate surface area is 203 Å². The van der Waals surface area contributed by atoms with Crippen molar-refractivity contribution in [3.63, 3.8) is 0 Å². The fraction of sp³-hybridized carbons (Fsp3) is 0.621. The Morgan fingerprint density at radius 1 is 1.12 bits per heavy atom. The van der Waals surface area contributed by atoms with Crippen molar-refractivity contribution >= 4 is 11.5 Å². The maximum Gasteiger partial charge on any atom is 0.156 e. The minimum atomic E-state index is -0.309. The van der Waals surface area contributed by atoms with Crippen LogP contribution < -0.4 is 10.4 Å². The number of carbonyl (C=O) groups is 1. The zero-order valence-corrected chi connectivity index (χ0v) is 20.9. The molecule has 0 aromatic heterocycles. The van der Waals surface area contributed by atoms with Gasteiger partial charge in [-0.2, -0.15) is 5.48 Å². The first-order valence-electron chi connectivity index (χ1n) is 13.1. The Balaban J connectivity index is 1.53. The summed E-state index contributed by atoms with van der Waals surface area (Å²) in [4.78, 5) is 14.8. The molecule has 4 aliphatic carbocycles. The average molecular weight is 465 g/mol. The van der Waals surface area contributed by atoms with E-state index >= 15 is 0 Å². The van der Waals surface area contributed by atoms with Gasteiger partial charge in [-0.25, -0.2) is 0 Å². The standard InChI is InChI=1S/C29H40N2O3/c1-28-14-11-24-23(26(28)12-15-29(28,30-34)13-4-16-32)10-7-20-17-22(33)18-25(27(20)24)19-5-8-21(9-6-19)31(2)3/h5-6,8-9,17,23,25-26,30,32,34H,4,7,10-16,18H2,1-3H3/t23-,25+,26+,28+,29+/m1/s1. The molecule has 3 N–H and O–H groups in total. The first-order chi connectivity index (χ1) is 16.3. The van der Waals surface area contributed by atoms with Gasteiger partial charge in [0.1, 0.15) is 0 Å². The molecular weight excluding hydrogens is 424 g/mol. The predicted molar refractivity (Wildman–Crippen MR) is 135 cm³/mol. The molecule has 5 rings (SSSR count). The van der Waals surface area contributed by atoms with Crippen molar-refractivity contribution in [2.24, 2.45) is 17.3 Å². The van der Waals surface area contributed by atoms with Crippen molar-refractivity contribution in [2.45, 2.75) is 76.2 Å². The van der Waals surface area contributed by atoms with Crippen LogP contribution in [0.2, 0.25) is 0 Å². The van der Waals surface area contributed by atoms with E-state index in [4.69, 9.17) is 0 Å². The number of carbonyl (C=O) groups excluding carboxylic acids is 1. The van der Waals surface area contributed by atoms with Gasteiger partial charge in [-0.3, -0.25) is 4.79 Å². The van der Waals surface area contributed by atoms with Crippen LogP contribution >= 0.6 is 0 Å². The lowest BCUT2D eigenvalue weighted by Crippen LogP contribution is -2.57. The minimum Gasteiger partial charge on any atom is -0.396 e. The summed E-state index contributed by atoms with van der Waals surface area (Å²) >= 11 is 0. The molecule has 5 nitrogen and oxygen atoms in total. The van der Waals surface area contributed by atoms with E-state index in [0.29, 0.717) is 24.7 Å². The number of ketones is 1. The Kier molecular flexibility index (Phi) is 6.24. The molecule has 0 aliphatic heterocycles.